The number of nitro benzene ring substituents is 1. The number of carbonyl (C=O) groups excluding carboxylic acids is 2. The molecule has 2 heterocycles. The number of carbonyl (C=O) groups is 2. The van der Waals surface area contributed by atoms with E-state index in [1.807, 2.05) is 4.90 Å². The third-order valence-electron chi connectivity index (χ3n) is 5.34. The predicted octanol–water partition coefficient (Wildman–Crippen LogP) is 3.49. The van der Waals surface area contributed by atoms with E-state index in [2.05, 4.69) is 13.8 Å². The van der Waals surface area contributed by atoms with Gasteiger partial charge < -0.3 is 19.0 Å². The molecule has 0 bridgehead atoms. The Morgan fingerprint density at radius 2 is 1.97 bits per heavy atom. The summed E-state index contributed by atoms with van der Waals surface area (Å²) in [7, 11) is 1.57. The number of furan rings is 1. The van der Waals surface area contributed by atoms with E-state index < -0.39 is 23.4 Å². The Morgan fingerprint density at radius 1 is 1.26 bits per heavy atom. The molecule has 2 atom stereocenters. The van der Waals surface area contributed by atoms with Gasteiger partial charge >= 0.3 is 5.97 Å². The Kier molecular flexibility index (Phi) is 6.94. The Labute approximate surface area is 180 Å². The fraction of sp³-hybridized carbons (Fsp3) is 0.455. The summed E-state index contributed by atoms with van der Waals surface area (Å²) in [5, 5.41) is 11.7. The van der Waals surface area contributed by atoms with Gasteiger partial charge in [-0.2, -0.15) is 0 Å². The van der Waals surface area contributed by atoms with Crippen molar-refractivity contribution < 1.29 is 23.7 Å². The van der Waals surface area contributed by atoms with Crippen LogP contribution in [0, 0.1) is 22.0 Å². The molecule has 9 heteroatoms. The van der Waals surface area contributed by atoms with Crippen molar-refractivity contribution in [3.63, 3.8) is 0 Å². The monoisotopic (exact) mass is 429 g/mol. The van der Waals surface area contributed by atoms with Crippen molar-refractivity contribution >= 4 is 23.3 Å². The molecule has 2 aromatic rings. The van der Waals surface area contributed by atoms with Crippen molar-refractivity contribution in [2.75, 3.05) is 31.6 Å². The first-order valence-corrected chi connectivity index (χ1v) is 10.2. The van der Waals surface area contributed by atoms with Gasteiger partial charge in [0.25, 0.3) is 11.6 Å². The molecule has 1 aromatic carbocycles. The zero-order valence-corrected chi connectivity index (χ0v) is 17.9. The van der Waals surface area contributed by atoms with Crippen molar-refractivity contribution in [1.82, 2.24) is 4.90 Å². The van der Waals surface area contributed by atoms with Crippen molar-refractivity contribution in [2.24, 2.45) is 11.8 Å². The third kappa shape index (κ3) is 5.62. The maximum absolute atomic E-state index is 12.4. The second kappa shape index (κ2) is 9.63. The largest absolute Gasteiger partial charge is 0.467 e. The molecule has 1 aliphatic rings. The lowest BCUT2D eigenvalue weighted by molar-refractivity contribution is -0.384. The van der Waals surface area contributed by atoms with E-state index in [0.717, 1.165) is 19.5 Å². The second-order valence-corrected chi connectivity index (χ2v) is 8.22. The SMILES string of the molecule is CC1CC(C)CN(c2ccc(C(=O)OCC(=O)N(C)Cc3ccco3)cc2[N+](=O)[O-])C1. The van der Waals surface area contributed by atoms with E-state index in [0.29, 0.717) is 23.3 Å². The van der Waals surface area contributed by atoms with Gasteiger partial charge in [0.2, 0.25) is 0 Å². The second-order valence-electron chi connectivity index (χ2n) is 8.22. The number of benzene rings is 1. The molecule has 0 spiro atoms. The molecule has 166 valence electrons. The van der Waals surface area contributed by atoms with Gasteiger partial charge in [0.05, 0.1) is 23.3 Å². The Hall–Kier alpha value is -3.36. The van der Waals surface area contributed by atoms with Gasteiger partial charge in [-0.25, -0.2) is 4.79 Å². The average molecular weight is 429 g/mol. The fourth-order valence-corrected chi connectivity index (χ4v) is 3.97. The van der Waals surface area contributed by atoms with Crippen molar-refractivity contribution in [2.45, 2.75) is 26.8 Å². The Bertz CT molecular complexity index is 933. The number of nitro groups is 1. The summed E-state index contributed by atoms with van der Waals surface area (Å²) in [5.74, 6) is 0.269. The molecule has 9 nitrogen and oxygen atoms in total. The summed E-state index contributed by atoms with van der Waals surface area (Å²) in [6, 6.07) is 7.77. The third-order valence-corrected chi connectivity index (χ3v) is 5.34. The van der Waals surface area contributed by atoms with Crippen LogP contribution in [0.4, 0.5) is 11.4 Å². The van der Waals surface area contributed by atoms with Gasteiger partial charge in [-0.15, -0.1) is 0 Å². The summed E-state index contributed by atoms with van der Waals surface area (Å²) in [4.78, 5) is 39.2. The Morgan fingerprint density at radius 3 is 2.58 bits per heavy atom. The number of piperidine rings is 1. The van der Waals surface area contributed by atoms with Crippen LogP contribution >= 0.6 is 0 Å². The molecule has 1 saturated heterocycles. The topological polar surface area (TPSA) is 106 Å². The van der Waals surface area contributed by atoms with Gasteiger partial charge in [0, 0.05) is 26.2 Å². The minimum Gasteiger partial charge on any atom is -0.467 e. The molecule has 0 saturated carbocycles. The summed E-state index contributed by atoms with van der Waals surface area (Å²) in [6.07, 6.45) is 2.59. The molecule has 1 amide bonds. The molecule has 3 rings (SSSR count). The van der Waals surface area contributed by atoms with Crippen molar-refractivity contribution in [3.05, 3.63) is 58.0 Å². The predicted molar refractivity (Wildman–Crippen MR) is 114 cm³/mol. The highest BCUT2D eigenvalue weighted by Gasteiger charge is 2.28. The van der Waals surface area contributed by atoms with E-state index in [1.165, 1.54) is 23.3 Å². The number of anilines is 1. The Balaban J connectivity index is 1.66. The number of esters is 1. The number of nitrogens with zero attached hydrogens (tertiary/aromatic N) is 3. The average Bonchev–Trinajstić information content (AvgIpc) is 3.23. The molecule has 1 fully saturated rings. The molecule has 2 unspecified atom stereocenters. The van der Waals surface area contributed by atoms with Crippen LogP contribution in [0.3, 0.4) is 0 Å². The lowest BCUT2D eigenvalue weighted by Gasteiger charge is -2.36. The number of rotatable bonds is 7. The first kappa shape index (κ1) is 22.3. The summed E-state index contributed by atoms with van der Waals surface area (Å²) in [5.41, 5.74) is 0.390. The van der Waals surface area contributed by atoms with Crippen LogP contribution in [0.15, 0.2) is 41.0 Å². The van der Waals surface area contributed by atoms with Crippen LogP contribution in [-0.4, -0.2) is 48.4 Å². The zero-order valence-electron chi connectivity index (χ0n) is 17.9. The molecular weight excluding hydrogens is 402 g/mol. The number of amides is 1. The van der Waals surface area contributed by atoms with Crippen LogP contribution < -0.4 is 4.90 Å². The smallest absolute Gasteiger partial charge is 0.338 e. The molecular formula is C22H27N3O6. The summed E-state index contributed by atoms with van der Waals surface area (Å²) in [6.45, 7) is 5.49. The van der Waals surface area contributed by atoms with Crippen LogP contribution in [0.25, 0.3) is 0 Å². The highest BCUT2D eigenvalue weighted by atomic mass is 16.6. The molecule has 1 aromatic heterocycles. The summed E-state index contributed by atoms with van der Waals surface area (Å²) >= 11 is 0. The molecule has 31 heavy (non-hydrogen) atoms. The maximum atomic E-state index is 12.4. The van der Waals surface area contributed by atoms with Crippen LogP contribution in [-0.2, 0) is 16.1 Å². The van der Waals surface area contributed by atoms with E-state index >= 15 is 0 Å². The zero-order chi connectivity index (χ0) is 22.5. The standard InChI is InChI=1S/C22H27N3O6/c1-15-9-16(2)12-24(11-15)19-7-6-17(10-20(19)25(28)29)22(27)31-14-21(26)23(3)13-18-5-4-8-30-18/h4-8,10,15-16H,9,11-14H2,1-3H3. The van der Waals surface area contributed by atoms with E-state index in [9.17, 15) is 19.7 Å². The van der Waals surface area contributed by atoms with Crippen LogP contribution in [0.5, 0.6) is 0 Å². The fourth-order valence-electron chi connectivity index (χ4n) is 3.97. The van der Waals surface area contributed by atoms with Crippen LogP contribution in [0.2, 0.25) is 0 Å². The lowest BCUT2D eigenvalue weighted by Crippen LogP contribution is -2.39. The van der Waals surface area contributed by atoms with Crippen LogP contribution in [0.1, 0.15) is 36.4 Å². The highest BCUT2D eigenvalue weighted by Crippen LogP contribution is 2.34. The number of likely N-dealkylation sites (N-methyl/N-ethyl adjacent to an activating group) is 1. The van der Waals surface area contributed by atoms with Gasteiger partial charge in [-0.05, 0) is 42.5 Å². The number of ether oxygens (including phenoxy) is 1. The van der Waals surface area contributed by atoms with E-state index in [-0.39, 0.29) is 17.8 Å². The van der Waals surface area contributed by atoms with Gasteiger partial charge in [0.1, 0.15) is 11.4 Å². The number of hydrogen-bond donors (Lipinski definition) is 0. The molecule has 1 aliphatic heterocycles. The van der Waals surface area contributed by atoms with Crippen molar-refractivity contribution in [3.8, 4) is 0 Å². The molecule has 0 radical (unpaired) electrons. The minimum atomic E-state index is -0.783. The quantitative estimate of drug-likeness (QED) is 0.377. The molecule has 0 aliphatic carbocycles. The first-order chi connectivity index (χ1) is 14.7. The number of hydrogen-bond acceptors (Lipinski definition) is 7. The first-order valence-electron chi connectivity index (χ1n) is 10.2. The highest BCUT2D eigenvalue weighted by molar-refractivity contribution is 5.93. The van der Waals surface area contributed by atoms with Gasteiger partial charge in [-0.3, -0.25) is 14.9 Å². The normalized spacial score (nSPS) is 18.5. The minimum absolute atomic E-state index is 0.0371. The van der Waals surface area contributed by atoms with E-state index in [1.54, 1.807) is 25.2 Å². The van der Waals surface area contributed by atoms with Gasteiger partial charge in [0.15, 0.2) is 6.61 Å². The van der Waals surface area contributed by atoms with Crippen molar-refractivity contribution in [1.29, 1.82) is 0 Å². The maximum Gasteiger partial charge on any atom is 0.338 e. The lowest BCUT2D eigenvalue weighted by atomic mass is 9.91. The summed E-state index contributed by atoms with van der Waals surface area (Å²) < 4.78 is 10.3. The van der Waals surface area contributed by atoms with E-state index in [4.69, 9.17) is 9.15 Å². The van der Waals surface area contributed by atoms with Gasteiger partial charge in [-0.1, -0.05) is 13.8 Å². The molecule has 0 N–H and O–H groups in total.